The number of benzene rings is 1. The molecule has 0 saturated carbocycles. The number of ether oxygens (including phenoxy) is 1. The predicted octanol–water partition coefficient (Wildman–Crippen LogP) is -8.56. The zero-order valence-corrected chi connectivity index (χ0v) is 20.4. The molecule has 0 aromatic heterocycles. The maximum atomic E-state index is 12.8. The fourth-order valence-electron chi connectivity index (χ4n) is 3.60. The summed E-state index contributed by atoms with van der Waals surface area (Å²) in [5, 5.41) is 19.8. The van der Waals surface area contributed by atoms with Gasteiger partial charge < -0.3 is 61.2 Å². The summed E-state index contributed by atoms with van der Waals surface area (Å²) in [7, 11) is 0. The average Bonchev–Trinajstić information content (AvgIpc) is 3.24. The Morgan fingerprint density at radius 2 is 1.79 bits per heavy atom. The van der Waals surface area contributed by atoms with Crippen LogP contribution >= 0.6 is 0 Å². The van der Waals surface area contributed by atoms with E-state index < -0.39 is 42.1 Å². The maximum absolute atomic E-state index is 12.8. The number of likely N-dealkylation sites (tertiary alicyclic amines) is 1. The number of quaternary nitrogens is 2. The summed E-state index contributed by atoms with van der Waals surface area (Å²) >= 11 is 0. The highest BCUT2D eigenvalue weighted by Gasteiger charge is 2.39. The third-order valence-corrected chi connectivity index (χ3v) is 5.40. The Balaban J connectivity index is 0. The number of rotatable bonds is 11. The number of hydrogen-bond acceptors (Lipinski definition) is 5. The number of halogens is 2. The average molecular weight is 526 g/mol. The summed E-state index contributed by atoms with van der Waals surface area (Å²) in [6.45, 7) is 1.64. The van der Waals surface area contributed by atoms with Gasteiger partial charge in [0, 0.05) is 13.0 Å². The second-order valence-electron chi connectivity index (χ2n) is 7.80. The SMILES string of the molecule is C[C@H]([NH2+][C@@H](CCc1ccccc1)C(=O)OC[C@H]([NH3+])C(=O)O)C(=O)N1CCC[C@H]1C(=O)O.O.[Cl-].[Cl-]. The molecule has 11 nitrogen and oxygen atoms in total. The van der Waals surface area contributed by atoms with Gasteiger partial charge in [0.2, 0.25) is 6.04 Å². The Morgan fingerprint density at radius 1 is 1.18 bits per heavy atom. The molecule has 1 fully saturated rings. The van der Waals surface area contributed by atoms with Crippen LogP contribution in [0.2, 0.25) is 0 Å². The largest absolute Gasteiger partial charge is 1.00 e. The highest BCUT2D eigenvalue weighted by Crippen LogP contribution is 2.18. The van der Waals surface area contributed by atoms with Crippen LogP contribution in [-0.2, 0) is 30.3 Å². The lowest BCUT2D eigenvalue weighted by Crippen LogP contribution is -3.00. The maximum Gasteiger partial charge on any atom is 0.366 e. The van der Waals surface area contributed by atoms with E-state index in [9.17, 15) is 24.3 Å². The van der Waals surface area contributed by atoms with E-state index in [0.717, 1.165) is 5.56 Å². The Hall–Kier alpha value is -2.44. The molecular formula is C21H33Cl2N3O8. The third-order valence-electron chi connectivity index (χ3n) is 5.40. The first-order valence-electron chi connectivity index (χ1n) is 10.4. The van der Waals surface area contributed by atoms with Gasteiger partial charge >= 0.3 is 17.9 Å². The van der Waals surface area contributed by atoms with Crippen LogP contribution in [0.1, 0.15) is 31.7 Å². The van der Waals surface area contributed by atoms with Gasteiger partial charge in [-0.2, -0.15) is 0 Å². The molecular weight excluding hydrogens is 493 g/mol. The van der Waals surface area contributed by atoms with Gasteiger partial charge in [0.25, 0.3) is 5.91 Å². The zero-order valence-electron chi connectivity index (χ0n) is 18.9. The van der Waals surface area contributed by atoms with Crippen LogP contribution in [-0.4, -0.2) is 81.7 Å². The molecule has 13 heteroatoms. The zero-order chi connectivity index (χ0) is 23.0. The van der Waals surface area contributed by atoms with E-state index in [1.165, 1.54) is 4.90 Å². The number of carbonyl (C=O) groups excluding carboxylic acids is 2. The molecule has 9 N–H and O–H groups in total. The van der Waals surface area contributed by atoms with E-state index in [1.807, 2.05) is 30.3 Å². The van der Waals surface area contributed by atoms with Crippen molar-refractivity contribution < 1.29 is 75.5 Å². The van der Waals surface area contributed by atoms with Gasteiger partial charge in [0.1, 0.15) is 6.04 Å². The lowest BCUT2D eigenvalue weighted by atomic mass is 10.0. The summed E-state index contributed by atoms with van der Waals surface area (Å²) < 4.78 is 5.15. The number of amides is 1. The van der Waals surface area contributed by atoms with Crippen molar-refractivity contribution in [2.75, 3.05) is 13.2 Å². The van der Waals surface area contributed by atoms with Crippen molar-refractivity contribution in [1.82, 2.24) is 4.90 Å². The van der Waals surface area contributed by atoms with E-state index in [0.29, 0.717) is 32.2 Å². The third kappa shape index (κ3) is 9.82. The first-order valence-corrected chi connectivity index (χ1v) is 10.4. The van der Waals surface area contributed by atoms with Crippen molar-refractivity contribution in [3.63, 3.8) is 0 Å². The number of aliphatic carboxylic acids is 2. The van der Waals surface area contributed by atoms with Crippen molar-refractivity contribution in [2.24, 2.45) is 0 Å². The van der Waals surface area contributed by atoms with E-state index in [2.05, 4.69) is 5.73 Å². The molecule has 1 aliphatic rings. The molecule has 0 aliphatic carbocycles. The van der Waals surface area contributed by atoms with Crippen LogP contribution < -0.4 is 35.9 Å². The first-order chi connectivity index (χ1) is 14.7. The minimum Gasteiger partial charge on any atom is -1.00 e. The number of nitrogens with zero attached hydrogens (tertiary/aromatic N) is 1. The lowest BCUT2D eigenvalue weighted by Gasteiger charge is -2.25. The van der Waals surface area contributed by atoms with E-state index in [1.54, 1.807) is 12.2 Å². The molecule has 194 valence electrons. The predicted molar refractivity (Wildman–Crippen MR) is 111 cm³/mol. The highest BCUT2D eigenvalue weighted by molar-refractivity contribution is 5.86. The van der Waals surface area contributed by atoms with Crippen LogP contribution in [0.25, 0.3) is 0 Å². The fraction of sp³-hybridized carbons (Fsp3) is 0.524. The second kappa shape index (κ2) is 16.2. The molecule has 1 aromatic rings. The van der Waals surface area contributed by atoms with Crippen molar-refractivity contribution in [3.8, 4) is 0 Å². The number of carboxylic acids is 2. The molecule has 0 radical (unpaired) electrons. The van der Waals surface area contributed by atoms with Crippen LogP contribution in [0, 0.1) is 0 Å². The topological polar surface area (TPSA) is 197 Å². The molecule has 4 atom stereocenters. The van der Waals surface area contributed by atoms with E-state index in [4.69, 9.17) is 9.84 Å². The van der Waals surface area contributed by atoms with Gasteiger partial charge in [-0.15, -0.1) is 0 Å². The molecule has 1 aliphatic heterocycles. The number of carboxylic acid groups (broad SMARTS) is 2. The Morgan fingerprint density at radius 3 is 2.35 bits per heavy atom. The van der Waals surface area contributed by atoms with Gasteiger partial charge in [0.15, 0.2) is 18.7 Å². The summed E-state index contributed by atoms with van der Waals surface area (Å²) in [5.74, 6) is -3.17. The highest BCUT2D eigenvalue weighted by atomic mass is 35.5. The summed E-state index contributed by atoms with van der Waals surface area (Å²) in [6.07, 6.45) is 1.96. The monoisotopic (exact) mass is 525 g/mol. The molecule has 0 unspecified atom stereocenters. The summed E-state index contributed by atoms with van der Waals surface area (Å²) in [6, 6.07) is 6.14. The number of nitrogens with two attached hydrogens (primary N) is 1. The molecule has 1 heterocycles. The van der Waals surface area contributed by atoms with Crippen LogP contribution in [0.3, 0.4) is 0 Å². The summed E-state index contributed by atoms with van der Waals surface area (Å²) in [5.41, 5.74) is 4.44. The standard InChI is InChI=1S/C21H29N3O7.2ClH.H2O/c1-13(18(25)24-11-5-8-17(24)20(28)29)23-16(10-9-14-6-3-2-4-7-14)21(30)31-12-15(22)19(26)27;;;/h2-4,6-7,13,15-17,23H,5,8-12,22H2,1H3,(H,26,27)(H,28,29);2*1H;1H2/t13-,15-,16-,17-;;;/m0.../s1. The van der Waals surface area contributed by atoms with Gasteiger partial charge in [0.05, 0.1) is 0 Å². The molecule has 1 saturated heterocycles. The quantitative estimate of drug-likeness (QED) is 0.205. The Labute approximate surface area is 210 Å². The number of hydrogen-bond donors (Lipinski definition) is 4. The minimum absolute atomic E-state index is 0. The number of aryl methyl sites for hydroxylation is 1. The molecule has 1 amide bonds. The van der Waals surface area contributed by atoms with Crippen molar-refractivity contribution in [2.45, 2.75) is 56.8 Å². The smallest absolute Gasteiger partial charge is 0.366 e. The van der Waals surface area contributed by atoms with Crippen LogP contribution in [0.5, 0.6) is 0 Å². The second-order valence-corrected chi connectivity index (χ2v) is 7.80. The number of carbonyl (C=O) groups is 4. The van der Waals surface area contributed by atoms with Crippen LogP contribution in [0.15, 0.2) is 30.3 Å². The minimum atomic E-state index is -1.17. The Kier molecular flexibility index (Phi) is 16.1. The van der Waals surface area contributed by atoms with E-state index in [-0.39, 0.29) is 42.8 Å². The Bertz CT molecular complexity index is 799. The van der Waals surface area contributed by atoms with Gasteiger partial charge in [-0.1, -0.05) is 30.3 Å². The number of esters is 1. The van der Waals surface area contributed by atoms with E-state index >= 15 is 0 Å². The molecule has 0 bridgehead atoms. The fourth-order valence-corrected chi connectivity index (χ4v) is 3.60. The van der Waals surface area contributed by atoms with Gasteiger partial charge in [-0.3, -0.25) is 4.79 Å². The normalized spacial score (nSPS) is 17.1. The van der Waals surface area contributed by atoms with Crippen molar-refractivity contribution in [1.29, 1.82) is 0 Å². The van der Waals surface area contributed by atoms with Crippen molar-refractivity contribution >= 4 is 23.8 Å². The summed E-state index contributed by atoms with van der Waals surface area (Å²) in [4.78, 5) is 49.2. The molecule has 1 aromatic carbocycles. The lowest BCUT2D eigenvalue weighted by molar-refractivity contribution is -0.697. The van der Waals surface area contributed by atoms with Gasteiger partial charge in [-0.05, 0) is 31.7 Å². The molecule has 34 heavy (non-hydrogen) atoms. The molecule has 2 rings (SSSR count). The van der Waals surface area contributed by atoms with Gasteiger partial charge in [-0.25, -0.2) is 14.4 Å². The van der Waals surface area contributed by atoms with Crippen LogP contribution in [0.4, 0.5) is 0 Å². The van der Waals surface area contributed by atoms with Crippen molar-refractivity contribution in [3.05, 3.63) is 35.9 Å². The first kappa shape index (κ1) is 33.7. The molecule has 0 spiro atoms.